The molecule has 1 saturated heterocycles. The van der Waals surface area contributed by atoms with Gasteiger partial charge in [0.1, 0.15) is 6.61 Å². The van der Waals surface area contributed by atoms with Gasteiger partial charge in [-0.05, 0) is 39.3 Å². The van der Waals surface area contributed by atoms with Crippen LogP contribution >= 0.6 is 0 Å². The minimum atomic E-state index is 0.689. The average molecular weight is 250 g/mol. The number of hydrogen-bond acceptors (Lipinski definition) is 4. The molecule has 2 rings (SSSR count). The van der Waals surface area contributed by atoms with E-state index in [0.29, 0.717) is 6.61 Å². The maximum absolute atomic E-state index is 5.34. The van der Waals surface area contributed by atoms with Gasteiger partial charge in [-0.1, -0.05) is 5.16 Å². The highest BCUT2D eigenvalue weighted by molar-refractivity contribution is 5.97. The van der Waals surface area contributed by atoms with Crippen LogP contribution in [0.1, 0.15) is 31.7 Å². The van der Waals surface area contributed by atoms with E-state index in [4.69, 9.17) is 4.84 Å². The van der Waals surface area contributed by atoms with Crippen LogP contribution < -0.4 is 0 Å². The number of likely N-dealkylation sites (tertiary alicyclic amines) is 1. The molecule has 0 aliphatic carbocycles. The summed E-state index contributed by atoms with van der Waals surface area (Å²) in [5.41, 5.74) is 1.89. The number of oxime groups is 1. The molecule has 5 nitrogen and oxygen atoms in total. The van der Waals surface area contributed by atoms with Crippen molar-refractivity contribution in [2.24, 2.45) is 12.2 Å². The van der Waals surface area contributed by atoms with Crippen LogP contribution in [0.15, 0.2) is 17.5 Å². The van der Waals surface area contributed by atoms with Crippen LogP contribution in [0.2, 0.25) is 0 Å². The van der Waals surface area contributed by atoms with Crippen molar-refractivity contribution in [2.45, 2.75) is 26.2 Å². The van der Waals surface area contributed by atoms with Gasteiger partial charge in [0.05, 0.1) is 11.9 Å². The molecule has 5 heteroatoms. The third kappa shape index (κ3) is 3.84. The molecular formula is C13H22N4O. The van der Waals surface area contributed by atoms with Gasteiger partial charge in [0, 0.05) is 25.4 Å². The summed E-state index contributed by atoms with van der Waals surface area (Å²) in [5.74, 6) is 0. The molecule has 0 atom stereocenters. The minimum absolute atomic E-state index is 0.689. The first-order chi connectivity index (χ1) is 8.75. The maximum Gasteiger partial charge on any atom is 0.118 e. The van der Waals surface area contributed by atoms with Crippen LogP contribution in [0.4, 0.5) is 0 Å². The zero-order chi connectivity index (χ0) is 12.8. The Hall–Kier alpha value is -1.36. The fourth-order valence-corrected chi connectivity index (χ4v) is 2.16. The van der Waals surface area contributed by atoms with Gasteiger partial charge in [0.15, 0.2) is 0 Å². The number of aromatic nitrogens is 2. The van der Waals surface area contributed by atoms with E-state index in [9.17, 15) is 0 Å². The summed E-state index contributed by atoms with van der Waals surface area (Å²) < 4.78 is 1.77. The molecule has 1 aliphatic rings. The van der Waals surface area contributed by atoms with Gasteiger partial charge in [-0.15, -0.1) is 0 Å². The fourth-order valence-electron chi connectivity index (χ4n) is 2.16. The molecule has 0 saturated carbocycles. The van der Waals surface area contributed by atoms with Crippen LogP contribution in [0.25, 0.3) is 0 Å². The monoisotopic (exact) mass is 250 g/mol. The molecule has 1 aromatic heterocycles. The lowest BCUT2D eigenvalue weighted by molar-refractivity contribution is 0.132. The van der Waals surface area contributed by atoms with E-state index in [0.717, 1.165) is 24.2 Å². The molecule has 18 heavy (non-hydrogen) atoms. The van der Waals surface area contributed by atoms with Gasteiger partial charge < -0.3 is 9.74 Å². The van der Waals surface area contributed by atoms with Gasteiger partial charge in [-0.25, -0.2) is 0 Å². The van der Waals surface area contributed by atoms with Crippen molar-refractivity contribution in [3.05, 3.63) is 18.0 Å². The first-order valence-corrected chi connectivity index (χ1v) is 6.63. The summed E-state index contributed by atoms with van der Waals surface area (Å²) >= 11 is 0. The second kappa shape index (κ2) is 6.54. The van der Waals surface area contributed by atoms with Crippen molar-refractivity contribution < 1.29 is 4.84 Å². The molecule has 1 fully saturated rings. The molecule has 0 radical (unpaired) electrons. The Kier molecular flexibility index (Phi) is 4.75. The Balaban J connectivity index is 1.64. The quantitative estimate of drug-likeness (QED) is 0.438. The molecule has 1 aromatic rings. The van der Waals surface area contributed by atoms with Crippen LogP contribution in [0, 0.1) is 0 Å². The summed E-state index contributed by atoms with van der Waals surface area (Å²) in [6.07, 6.45) is 7.47. The van der Waals surface area contributed by atoms with Gasteiger partial charge in [-0.2, -0.15) is 5.10 Å². The van der Waals surface area contributed by atoms with E-state index in [1.54, 1.807) is 10.9 Å². The Morgan fingerprint density at radius 1 is 1.44 bits per heavy atom. The lowest BCUT2D eigenvalue weighted by Gasteiger charge is -2.13. The highest BCUT2D eigenvalue weighted by Crippen LogP contribution is 2.07. The summed E-state index contributed by atoms with van der Waals surface area (Å²) in [4.78, 5) is 7.83. The third-order valence-electron chi connectivity index (χ3n) is 3.23. The molecule has 0 unspecified atom stereocenters. The SMILES string of the molecule is C/C(=N\OCCCN1CCCC1)c1cnn(C)c1. The first-order valence-electron chi connectivity index (χ1n) is 6.63. The van der Waals surface area contributed by atoms with Crippen molar-refractivity contribution in [1.29, 1.82) is 0 Å². The smallest absolute Gasteiger partial charge is 0.118 e. The fraction of sp³-hybridized carbons (Fsp3) is 0.692. The van der Waals surface area contributed by atoms with E-state index < -0.39 is 0 Å². The molecule has 0 aromatic carbocycles. The molecule has 1 aliphatic heterocycles. The Morgan fingerprint density at radius 2 is 2.22 bits per heavy atom. The standard InChI is InChI=1S/C13H22N4O/c1-12(13-10-14-16(2)11-13)15-18-9-5-8-17-6-3-4-7-17/h10-11H,3-9H2,1-2H3/b15-12+. The zero-order valence-electron chi connectivity index (χ0n) is 11.3. The largest absolute Gasteiger partial charge is 0.396 e. The normalized spacial score (nSPS) is 17.3. The molecule has 0 N–H and O–H groups in total. The maximum atomic E-state index is 5.34. The van der Waals surface area contributed by atoms with Gasteiger partial charge in [-0.3, -0.25) is 4.68 Å². The van der Waals surface area contributed by atoms with E-state index in [-0.39, 0.29) is 0 Å². The summed E-state index contributed by atoms with van der Waals surface area (Å²) in [6.45, 7) is 6.25. The summed E-state index contributed by atoms with van der Waals surface area (Å²) in [5, 5.41) is 8.22. The third-order valence-corrected chi connectivity index (χ3v) is 3.23. The topological polar surface area (TPSA) is 42.6 Å². The van der Waals surface area contributed by atoms with Crippen LogP contribution in [0.3, 0.4) is 0 Å². The molecular weight excluding hydrogens is 228 g/mol. The molecule has 0 amide bonds. The van der Waals surface area contributed by atoms with Gasteiger partial charge in [0.2, 0.25) is 0 Å². The van der Waals surface area contributed by atoms with E-state index in [1.165, 1.54) is 25.9 Å². The highest BCUT2D eigenvalue weighted by Gasteiger charge is 2.10. The predicted octanol–water partition coefficient (Wildman–Crippen LogP) is 1.65. The summed E-state index contributed by atoms with van der Waals surface area (Å²) in [6, 6.07) is 0. The molecule has 0 spiro atoms. The predicted molar refractivity (Wildman–Crippen MR) is 71.7 cm³/mol. The second-order valence-electron chi connectivity index (χ2n) is 4.81. The zero-order valence-corrected chi connectivity index (χ0v) is 11.3. The number of aryl methyl sites for hydroxylation is 1. The van der Waals surface area contributed by atoms with Crippen LogP contribution in [-0.4, -0.2) is 46.6 Å². The van der Waals surface area contributed by atoms with Crippen molar-refractivity contribution in [3.8, 4) is 0 Å². The van der Waals surface area contributed by atoms with E-state index >= 15 is 0 Å². The van der Waals surface area contributed by atoms with Crippen LogP contribution in [0.5, 0.6) is 0 Å². The average Bonchev–Trinajstić information content (AvgIpc) is 2.99. The highest BCUT2D eigenvalue weighted by atomic mass is 16.6. The van der Waals surface area contributed by atoms with E-state index in [2.05, 4.69) is 15.2 Å². The number of rotatable bonds is 6. The van der Waals surface area contributed by atoms with Crippen molar-refractivity contribution >= 4 is 5.71 Å². The van der Waals surface area contributed by atoms with Gasteiger partial charge >= 0.3 is 0 Å². The molecule has 100 valence electrons. The van der Waals surface area contributed by atoms with Crippen molar-refractivity contribution in [2.75, 3.05) is 26.2 Å². The second-order valence-corrected chi connectivity index (χ2v) is 4.81. The number of nitrogens with zero attached hydrogens (tertiary/aromatic N) is 4. The number of hydrogen-bond donors (Lipinski definition) is 0. The van der Waals surface area contributed by atoms with Gasteiger partial charge in [0.25, 0.3) is 0 Å². The van der Waals surface area contributed by atoms with Crippen molar-refractivity contribution in [1.82, 2.24) is 14.7 Å². The Morgan fingerprint density at radius 3 is 2.89 bits per heavy atom. The Bertz CT molecular complexity index is 393. The lowest BCUT2D eigenvalue weighted by Crippen LogP contribution is -2.21. The first kappa shape index (κ1) is 13.1. The summed E-state index contributed by atoms with van der Waals surface area (Å²) in [7, 11) is 1.90. The minimum Gasteiger partial charge on any atom is -0.396 e. The lowest BCUT2D eigenvalue weighted by atomic mass is 10.2. The molecule has 0 bridgehead atoms. The molecule has 2 heterocycles. The van der Waals surface area contributed by atoms with Crippen molar-refractivity contribution in [3.63, 3.8) is 0 Å². The van der Waals surface area contributed by atoms with Crippen LogP contribution in [-0.2, 0) is 11.9 Å². The Labute approximate surface area is 108 Å². The van der Waals surface area contributed by atoms with E-state index in [1.807, 2.05) is 20.2 Å².